The largest absolute Gasteiger partial charge is 0.491 e. The number of carbonyl (C=O) groups excluding carboxylic acids is 1. The molecule has 1 fully saturated rings. The van der Waals surface area contributed by atoms with Gasteiger partial charge in [-0.2, -0.15) is 5.26 Å². The highest BCUT2D eigenvalue weighted by molar-refractivity contribution is 5.98. The lowest BCUT2D eigenvalue weighted by atomic mass is 9.93. The Hall–Kier alpha value is -2.06. The van der Waals surface area contributed by atoms with E-state index in [0.29, 0.717) is 29.8 Å². The number of amides is 1. The molecule has 0 aliphatic heterocycles. The van der Waals surface area contributed by atoms with Crippen LogP contribution in [0.4, 0.5) is 5.69 Å². The molecule has 1 aromatic carbocycles. The van der Waals surface area contributed by atoms with Crippen molar-refractivity contribution in [2.75, 3.05) is 12.4 Å². The third kappa shape index (κ3) is 4.27. The van der Waals surface area contributed by atoms with Crippen LogP contribution >= 0.6 is 0 Å². The molecule has 0 bridgehead atoms. The van der Waals surface area contributed by atoms with E-state index < -0.39 is 5.60 Å². The fourth-order valence-corrected chi connectivity index (χ4v) is 3.13. The highest BCUT2D eigenvalue weighted by Crippen LogP contribution is 2.32. The van der Waals surface area contributed by atoms with Gasteiger partial charge in [0.15, 0.2) is 0 Å². The van der Waals surface area contributed by atoms with Crippen LogP contribution in [0.2, 0.25) is 0 Å². The Bertz CT molecular complexity index is 612. The van der Waals surface area contributed by atoms with E-state index in [1.165, 1.54) is 0 Å². The van der Waals surface area contributed by atoms with Crippen molar-refractivity contribution in [3.05, 3.63) is 23.8 Å². The maximum atomic E-state index is 12.8. The molecule has 0 atom stereocenters. The van der Waals surface area contributed by atoms with Gasteiger partial charge in [-0.25, -0.2) is 0 Å². The van der Waals surface area contributed by atoms with Crippen LogP contribution in [0.1, 0.15) is 57.9 Å². The summed E-state index contributed by atoms with van der Waals surface area (Å²) in [5, 5.41) is 12.3. The van der Waals surface area contributed by atoms with Crippen molar-refractivity contribution in [3.63, 3.8) is 0 Å². The number of hydrogen-bond donors (Lipinski definition) is 1. The van der Waals surface area contributed by atoms with Gasteiger partial charge in [0.25, 0.3) is 5.91 Å². The van der Waals surface area contributed by atoms with Gasteiger partial charge in [0.05, 0.1) is 17.4 Å². The maximum absolute atomic E-state index is 12.8. The molecule has 1 aliphatic rings. The molecular formula is C19H26N2O3. The zero-order valence-electron chi connectivity index (χ0n) is 14.7. The second kappa shape index (κ2) is 8.16. The topological polar surface area (TPSA) is 71.3 Å². The van der Waals surface area contributed by atoms with Gasteiger partial charge in [-0.1, -0.05) is 25.7 Å². The normalized spacial score (nSPS) is 17.0. The van der Waals surface area contributed by atoms with E-state index in [1.54, 1.807) is 25.3 Å². The number of methoxy groups -OCH3 is 1. The monoisotopic (exact) mass is 330 g/mol. The molecule has 0 heterocycles. The van der Waals surface area contributed by atoms with Gasteiger partial charge < -0.3 is 14.8 Å². The Balaban J connectivity index is 2.19. The Kier molecular flexibility index (Phi) is 6.22. The molecule has 5 nitrogen and oxygen atoms in total. The average Bonchev–Trinajstić information content (AvgIpc) is 2.82. The summed E-state index contributed by atoms with van der Waals surface area (Å²) >= 11 is 0. The van der Waals surface area contributed by atoms with Gasteiger partial charge in [-0.3, -0.25) is 4.79 Å². The third-order valence-corrected chi connectivity index (χ3v) is 4.45. The summed E-state index contributed by atoms with van der Waals surface area (Å²) in [5.74, 6) is 0.455. The first kappa shape index (κ1) is 18.3. The molecule has 5 heteroatoms. The molecule has 0 radical (unpaired) electrons. The summed E-state index contributed by atoms with van der Waals surface area (Å²) in [6.45, 7) is 3.85. The number of nitrogens with zero attached hydrogens (tertiary/aromatic N) is 1. The van der Waals surface area contributed by atoms with Crippen LogP contribution in [0, 0.1) is 11.3 Å². The molecule has 130 valence electrons. The number of benzene rings is 1. The quantitative estimate of drug-likeness (QED) is 0.828. The lowest BCUT2D eigenvalue weighted by molar-refractivity contribution is -0.139. The first-order valence-electron chi connectivity index (χ1n) is 8.58. The number of anilines is 1. The number of hydrogen-bond acceptors (Lipinski definition) is 4. The minimum Gasteiger partial charge on any atom is -0.491 e. The first-order chi connectivity index (χ1) is 11.5. The number of nitriles is 1. The van der Waals surface area contributed by atoms with Crippen molar-refractivity contribution in [2.24, 2.45) is 0 Å². The van der Waals surface area contributed by atoms with Gasteiger partial charge >= 0.3 is 0 Å². The molecular weight excluding hydrogens is 304 g/mol. The highest BCUT2D eigenvalue weighted by Gasteiger charge is 2.38. The molecule has 1 saturated carbocycles. The maximum Gasteiger partial charge on any atom is 0.256 e. The van der Waals surface area contributed by atoms with Crippen LogP contribution in [0.25, 0.3) is 0 Å². The lowest BCUT2D eigenvalue weighted by Gasteiger charge is -2.30. The minimum atomic E-state index is -0.795. The average molecular weight is 330 g/mol. The van der Waals surface area contributed by atoms with Crippen molar-refractivity contribution in [1.29, 1.82) is 5.26 Å². The Morgan fingerprint density at radius 2 is 1.92 bits per heavy atom. The zero-order valence-corrected chi connectivity index (χ0v) is 14.7. The van der Waals surface area contributed by atoms with E-state index in [0.717, 1.165) is 25.7 Å². The Morgan fingerprint density at radius 1 is 1.25 bits per heavy atom. The summed E-state index contributed by atoms with van der Waals surface area (Å²) < 4.78 is 11.2. The van der Waals surface area contributed by atoms with Gasteiger partial charge in [-0.05, 0) is 38.8 Å². The van der Waals surface area contributed by atoms with Gasteiger partial charge in [0.2, 0.25) is 0 Å². The van der Waals surface area contributed by atoms with Crippen LogP contribution in [0.15, 0.2) is 18.2 Å². The summed E-state index contributed by atoms with van der Waals surface area (Å²) in [5.41, 5.74) is 0.0942. The van der Waals surface area contributed by atoms with Gasteiger partial charge in [0.1, 0.15) is 17.4 Å². The molecule has 0 unspecified atom stereocenters. The zero-order chi connectivity index (χ0) is 17.6. The SMILES string of the molecule is COC1(C(=O)Nc2ccc(OC(C)C)cc2C#N)CCCCCC1. The van der Waals surface area contributed by atoms with Crippen LogP contribution in [-0.2, 0) is 9.53 Å². The lowest BCUT2D eigenvalue weighted by Crippen LogP contribution is -2.44. The van der Waals surface area contributed by atoms with E-state index in [2.05, 4.69) is 11.4 Å². The highest BCUT2D eigenvalue weighted by atomic mass is 16.5. The van der Waals surface area contributed by atoms with E-state index in [4.69, 9.17) is 9.47 Å². The molecule has 0 aromatic heterocycles. The smallest absolute Gasteiger partial charge is 0.256 e. The minimum absolute atomic E-state index is 0.0275. The molecule has 0 saturated heterocycles. The molecule has 0 spiro atoms. The first-order valence-corrected chi connectivity index (χ1v) is 8.58. The molecule has 1 amide bonds. The van der Waals surface area contributed by atoms with Crippen LogP contribution in [0.5, 0.6) is 5.75 Å². The van der Waals surface area contributed by atoms with E-state index in [-0.39, 0.29) is 12.0 Å². The van der Waals surface area contributed by atoms with Crippen LogP contribution in [0.3, 0.4) is 0 Å². The fourth-order valence-electron chi connectivity index (χ4n) is 3.13. The van der Waals surface area contributed by atoms with Crippen LogP contribution < -0.4 is 10.1 Å². The van der Waals surface area contributed by atoms with Crippen molar-refractivity contribution >= 4 is 11.6 Å². The summed E-state index contributed by atoms with van der Waals surface area (Å²) in [6.07, 6.45) is 5.67. The number of rotatable bonds is 5. The number of ether oxygens (including phenoxy) is 2. The summed E-state index contributed by atoms with van der Waals surface area (Å²) in [4.78, 5) is 12.8. The number of carbonyl (C=O) groups is 1. The molecule has 24 heavy (non-hydrogen) atoms. The standard InChI is InChI=1S/C19H26N2O3/c1-14(2)24-16-8-9-17(15(12-16)13-20)21-18(22)19(23-3)10-6-4-5-7-11-19/h8-9,12,14H,4-7,10-11H2,1-3H3,(H,21,22). The van der Waals surface area contributed by atoms with E-state index in [1.807, 2.05) is 13.8 Å². The molecule has 1 aromatic rings. The summed E-state index contributed by atoms with van der Waals surface area (Å²) in [6, 6.07) is 7.26. The van der Waals surface area contributed by atoms with E-state index >= 15 is 0 Å². The second-order valence-corrected chi connectivity index (χ2v) is 6.55. The molecule has 1 aliphatic carbocycles. The van der Waals surface area contributed by atoms with E-state index in [9.17, 15) is 10.1 Å². The predicted molar refractivity (Wildman–Crippen MR) is 93.0 cm³/mol. The molecule has 1 N–H and O–H groups in total. The summed E-state index contributed by atoms with van der Waals surface area (Å²) in [7, 11) is 1.59. The Labute approximate surface area is 144 Å². The predicted octanol–water partition coefficient (Wildman–Crippen LogP) is 4.02. The van der Waals surface area contributed by atoms with Gasteiger partial charge in [-0.15, -0.1) is 0 Å². The van der Waals surface area contributed by atoms with Gasteiger partial charge in [0, 0.05) is 13.2 Å². The van der Waals surface area contributed by atoms with Crippen LogP contribution in [-0.4, -0.2) is 24.7 Å². The second-order valence-electron chi connectivity index (χ2n) is 6.55. The van der Waals surface area contributed by atoms with Crippen molar-refractivity contribution < 1.29 is 14.3 Å². The Morgan fingerprint density at radius 3 is 2.46 bits per heavy atom. The third-order valence-electron chi connectivity index (χ3n) is 4.45. The fraction of sp³-hybridized carbons (Fsp3) is 0.579. The van der Waals surface area contributed by atoms with Crippen molar-refractivity contribution in [2.45, 2.75) is 64.1 Å². The van der Waals surface area contributed by atoms with Crippen molar-refractivity contribution in [1.82, 2.24) is 0 Å². The number of nitrogens with one attached hydrogen (secondary N) is 1. The molecule has 2 rings (SSSR count). The van der Waals surface area contributed by atoms with Crippen molar-refractivity contribution in [3.8, 4) is 11.8 Å².